The third-order valence-corrected chi connectivity index (χ3v) is 3.81. The predicted molar refractivity (Wildman–Crippen MR) is 82.6 cm³/mol. The highest BCUT2D eigenvalue weighted by Crippen LogP contribution is 2.22. The number of aldehydes is 1. The maximum Gasteiger partial charge on any atom is 0.150 e. The van der Waals surface area contributed by atoms with Crippen LogP contribution in [0.25, 0.3) is 10.9 Å². The smallest absolute Gasteiger partial charge is 0.150 e. The normalized spacial score (nSPS) is 10.5. The second-order valence-electron chi connectivity index (χ2n) is 4.80. The van der Waals surface area contributed by atoms with Crippen molar-refractivity contribution in [2.75, 3.05) is 0 Å². The van der Waals surface area contributed by atoms with Gasteiger partial charge >= 0.3 is 0 Å². The van der Waals surface area contributed by atoms with Crippen LogP contribution in [-0.4, -0.2) is 10.9 Å². The summed E-state index contributed by atoms with van der Waals surface area (Å²) in [6, 6.07) is 14.9. The first-order valence-corrected chi connectivity index (χ1v) is 6.81. The molecular weight excluding hydrogens is 284 g/mol. The van der Waals surface area contributed by atoms with Gasteiger partial charge in [-0.25, -0.2) is 0 Å². The fourth-order valence-electron chi connectivity index (χ4n) is 2.36. The van der Waals surface area contributed by atoms with Gasteiger partial charge in [0, 0.05) is 34.2 Å². The minimum absolute atomic E-state index is 0.553. The zero-order valence-corrected chi connectivity index (χ0v) is 11.8. The Labute approximate surface area is 127 Å². The Balaban J connectivity index is 1.99. The first-order valence-electron chi connectivity index (χ1n) is 6.44. The predicted octanol–water partition coefficient (Wildman–Crippen LogP) is 4.03. The Bertz CT molecular complexity index is 874. The Kier molecular flexibility index (Phi) is 3.47. The van der Waals surface area contributed by atoms with E-state index in [-0.39, 0.29) is 0 Å². The molecule has 0 aliphatic carbocycles. The lowest BCUT2D eigenvalue weighted by Crippen LogP contribution is -1.99. The van der Waals surface area contributed by atoms with Crippen molar-refractivity contribution in [1.29, 1.82) is 5.26 Å². The van der Waals surface area contributed by atoms with Crippen LogP contribution in [0.2, 0.25) is 5.02 Å². The highest BCUT2D eigenvalue weighted by Gasteiger charge is 2.06. The number of fused-ring (bicyclic) bond motifs is 1. The summed E-state index contributed by atoms with van der Waals surface area (Å²) >= 11 is 6.21. The molecule has 0 spiro atoms. The number of aromatic nitrogens is 1. The summed E-state index contributed by atoms with van der Waals surface area (Å²) in [6.07, 6.45) is 2.81. The van der Waals surface area contributed by atoms with Crippen LogP contribution in [0.1, 0.15) is 21.5 Å². The fraction of sp³-hybridized carbons (Fsp3) is 0.0588. The van der Waals surface area contributed by atoms with Crippen molar-refractivity contribution >= 4 is 28.8 Å². The van der Waals surface area contributed by atoms with Gasteiger partial charge in [-0.2, -0.15) is 5.26 Å². The highest BCUT2D eigenvalue weighted by molar-refractivity contribution is 6.31. The van der Waals surface area contributed by atoms with Gasteiger partial charge in [-0.1, -0.05) is 17.7 Å². The molecule has 3 rings (SSSR count). The van der Waals surface area contributed by atoms with Crippen LogP contribution >= 0.6 is 11.6 Å². The lowest BCUT2D eigenvalue weighted by atomic mass is 10.1. The average molecular weight is 295 g/mol. The maximum atomic E-state index is 10.8. The van der Waals surface area contributed by atoms with E-state index >= 15 is 0 Å². The van der Waals surface area contributed by atoms with Gasteiger partial charge in [0.15, 0.2) is 0 Å². The second-order valence-corrected chi connectivity index (χ2v) is 5.20. The molecule has 0 unspecified atom stereocenters. The van der Waals surface area contributed by atoms with Gasteiger partial charge in [-0.15, -0.1) is 0 Å². The van der Waals surface area contributed by atoms with Gasteiger partial charge in [0.2, 0.25) is 0 Å². The van der Waals surface area contributed by atoms with E-state index in [2.05, 4.69) is 10.6 Å². The van der Waals surface area contributed by atoms with Crippen LogP contribution in [0, 0.1) is 11.3 Å². The minimum atomic E-state index is 0.553. The molecule has 3 nitrogen and oxygen atoms in total. The zero-order valence-electron chi connectivity index (χ0n) is 11.1. The first-order chi connectivity index (χ1) is 10.2. The molecule has 1 heterocycles. The molecule has 0 saturated heterocycles. The van der Waals surface area contributed by atoms with E-state index in [4.69, 9.17) is 16.9 Å². The molecule has 0 aliphatic heterocycles. The lowest BCUT2D eigenvalue weighted by molar-refractivity contribution is 0.112. The van der Waals surface area contributed by atoms with Crippen molar-refractivity contribution in [1.82, 2.24) is 4.57 Å². The molecule has 3 aromatic rings. The number of nitriles is 1. The summed E-state index contributed by atoms with van der Waals surface area (Å²) < 4.78 is 2.07. The third kappa shape index (κ3) is 2.54. The summed E-state index contributed by atoms with van der Waals surface area (Å²) in [6.45, 7) is 0.620. The molecule has 0 amide bonds. The van der Waals surface area contributed by atoms with E-state index in [1.807, 2.05) is 30.5 Å². The quantitative estimate of drug-likeness (QED) is 0.685. The number of carbonyl (C=O) groups is 1. The van der Waals surface area contributed by atoms with Crippen LogP contribution in [0.15, 0.2) is 48.7 Å². The van der Waals surface area contributed by atoms with Gasteiger partial charge in [-0.05, 0) is 42.0 Å². The Hall–Kier alpha value is -2.57. The average Bonchev–Trinajstić information content (AvgIpc) is 2.91. The first kappa shape index (κ1) is 13.4. The third-order valence-electron chi connectivity index (χ3n) is 3.45. The van der Waals surface area contributed by atoms with Gasteiger partial charge in [0.1, 0.15) is 6.29 Å². The lowest BCUT2D eigenvalue weighted by Gasteiger charge is -2.08. The summed E-state index contributed by atoms with van der Waals surface area (Å²) in [4.78, 5) is 10.8. The van der Waals surface area contributed by atoms with Crippen molar-refractivity contribution in [2.24, 2.45) is 0 Å². The molecule has 0 radical (unpaired) electrons. The number of carbonyl (C=O) groups excluding carboxylic acids is 1. The maximum absolute atomic E-state index is 10.8. The molecule has 2 aromatic carbocycles. The van der Waals surface area contributed by atoms with Crippen LogP contribution in [-0.2, 0) is 6.54 Å². The molecule has 0 bridgehead atoms. The van der Waals surface area contributed by atoms with Gasteiger partial charge in [0.05, 0.1) is 11.6 Å². The van der Waals surface area contributed by atoms with E-state index in [0.717, 1.165) is 22.8 Å². The number of nitrogens with zero attached hydrogens (tertiary/aromatic N) is 2. The van der Waals surface area contributed by atoms with Gasteiger partial charge in [0.25, 0.3) is 0 Å². The van der Waals surface area contributed by atoms with Gasteiger partial charge < -0.3 is 4.57 Å². The number of benzene rings is 2. The number of hydrogen-bond acceptors (Lipinski definition) is 2. The minimum Gasteiger partial charge on any atom is -0.343 e. The molecule has 21 heavy (non-hydrogen) atoms. The Morgan fingerprint density at radius 1 is 1.19 bits per heavy atom. The van der Waals surface area contributed by atoms with E-state index in [9.17, 15) is 4.79 Å². The SMILES string of the molecule is N#Cc1ccc(Cn2ccc3cc(C=O)ccc32)c(Cl)c1. The topological polar surface area (TPSA) is 45.8 Å². The molecule has 0 fully saturated rings. The summed E-state index contributed by atoms with van der Waals surface area (Å²) in [5.41, 5.74) is 3.21. The molecular formula is C17H11ClN2O. The molecule has 0 N–H and O–H groups in total. The van der Waals surface area contributed by atoms with Crippen molar-refractivity contribution < 1.29 is 4.79 Å². The van der Waals surface area contributed by atoms with Crippen molar-refractivity contribution in [3.8, 4) is 6.07 Å². The van der Waals surface area contributed by atoms with E-state index < -0.39 is 0 Å². The molecule has 102 valence electrons. The van der Waals surface area contributed by atoms with Crippen LogP contribution in [0.3, 0.4) is 0 Å². The molecule has 1 aromatic heterocycles. The zero-order chi connectivity index (χ0) is 14.8. The Morgan fingerprint density at radius 3 is 2.76 bits per heavy atom. The van der Waals surface area contributed by atoms with Crippen molar-refractivity contribution in [2.45, 2.75) is 6.54 Å². The van der Waals surface area contributed by atoms with Crippen LogP contribution in [0.4, 0.5) is 0 Å². The van der Waals surface area contributed by atoms with Crippen molar-refractivity contribution in [3.63, 3.8) is 0 Å². The van der Waals surface area contributed by atoms with Gasteiger partial charge in [-0.3, -0.25) is 4.79 Å². The molecule has 0 saturated carbocycles. The van der Waals surface area contributed by atoms with E-state index in [1.54, 1.807) is 18.2 Å². The molecule has 0 atom stereocenters. The standard InChI is InChI=1S/C17H11ClN2O/c18-16-8-12(9-19)1-3-15(16)10-20-6-5-14-7-13(11-21)2-4-17(14)20/h1-8,11H,10H2. The second kappa shape index (κ2) is 5.43. The van der Waals surface area contributed by atoms with Crippen LogP contribution < -0.4 is 0 Å². The highest BCUT2D eigenvalue weighted by atomic mass is 35.5. The number of hydrogen-bond donors (Lipinski definition) is 0. The van der Waals surface area contributed by atoms with E-state index in [1.165, 1.54) is 0 Å². The molecule has 4 heteroatoms. The summed E-state index contributed by atoms with van der Waals surface area (Å²) in [7, 11) is 0. The monoisotopic (exact) mass is 294 g/mol. The summed E-state index contributed by atoms with van der Waals surface area (Å²) in [5.74, 6) is 0. The van der Waals surface area contributed by atoms with Crippen molar-refractivity contribution in [3.05, 3.63) is 70.4 Å². The van der Waals surface area contributed by atoms with E-state index in [0.29, 0.717) is 22.7 Å². The fourth-order valence-corrected chi connectivity index (χ4v) is 2.60. The number of halogens is 1. The van der Waals surface area contributed by atoms with Crippen LogP contribution in [0.5, 0.6) is 0 Å². The summed E-state index contributed by atoms with van der Waals surface area (Å²) in [5, 5.41) is 10.5. The molecule has 0 aliphatic rings. The Morgan fingerprint density at radius 2 is 2.05 bits per heavy atom. The number of rotatable bonds is 3. The largest absolute Gasteiger partial charge is 0.343 e.